The molecule has 2 aromatic carbocycles. The van der Waals surface area contributed by atoms with Crippen LogP contribution in [0.5, 0.6) is 11.5 Å². The largest absolute Gasteiger partial charge is 0.503 e. The summed E-state index contributed by atoms with van der Waals surface area (Å²) in [7, 11) is 1.49. The molecule has 5 nitrogen and oxygen atoms in total. The number of nitrogens with one attached hydrogen (secondary N) is 2. The third-order valence-corrected chi connectivity index (χ3v) is 4.08. The van der Waals surface area contributed by atoms with E-state index in [1.54, 1.807) is 18.3 Å². The molecule has 0 radical (unpaired) electrons. The van der Waals surface area contributed by atoms with Crippen LogP contribution >= 0.6 is 28.1 Å². The lowest BCUT2D eigenvalue weighted by atomic mass is 10.1. The Morgan fingerprint density at radius 1 is 1.29 bits per heavy atom. The Bertz CT molecular complexity index is 794. The van der Waals surface area contributed by atoms with E-state index in [-0.39, 0.29) is 5.75 Å². The van der Waals surface area contributed by atoms with Crippen molar-refractivity contribution in [1.82, 2.24) is 5.43 Å². The predicted octanol–water partition coefficient (Wildman–Crippen LogP) is 4.10. The van der Waals surface area contributed by atoms with Crippen molar-refractivity contribution in [2.45, 2.75) is 13.8 Å². The summed E-state index contributed by atoms with van der Waals surface area (Å²) in [6, 6.07) is 9.47. The van der Waals surface area contributed by atoms with E-state index in [9.17, 15) is 5.11 Å². The highest BCUT2D eigenvalue weighted by Gasteiger charge is 2.07. The van der Waals surface area contributed by atoms with Gasteiger partial charge in [0.2, 0.25) is 0 Å². The van der Waals surface area contributed by atoms with E-state index in [1.807, 2.05) is 26.0 Å². The number of thiocarbonyl (C=S) groups is 1. The molecule has 0 spiro atoms. The van der Waals surface area contributed by atoms with Crippen LogP contribution in [0.2, 0.25) is 0 Å². The number of anilines is 1. The van der Waals surface area contributed by atoms with Gasteiger partial charge in [-0.3, -0.25) is 5.43 Å². The van der Waals surface area contributed by atoms with Crippen molar-refractivity contribution in [2.75, 3.05) is 12.4 Å². The van der Waals surface area contributed by atoms with Crippen molar-refractivity contribution < 1.29 is 9.84 Å². The van der Waals surface area contributed by atoms with Gasteiger partial charge in [-0.1, -0.05) is 17.7 Å². The molecule has 0 saturated heterocycles. The van der Waals surface area contributed by atoms with E-state index in [1.165, 1.54) is 12.7 Å². The zero-order chi connectivity index (χ0) is 17.7. The van der Waals surface area contributed by atoms with Crippen LogP contribution in [-0.2, 0) is 0 Å². The van der Waals surface area contributed by atoms with E-state index in [0.29, 0.717) is 15.3 Å². The fourth-order valence-electron chi connectivity index (χ4n) is 2.09. The monoisotopic (exact) mass is 407 g/mol. The van der Waals surface area contributed by atoms with Crippen molar-refractivity contribution in [3.05, 3.63) is 51.5 Å². The highest BCUT2D eigenvalue weighted by atomic mass is 79.9. The van der Waals surface area contributed by atoms with Crippen molar-refractivity contribution >= 4 is 45.2 Å². The molecule has 0 aromatic heterocycles. The maximum atomic E-state index is 9.78. The van der Waals surface area contributed by atoms with Crippen LogP contribution in [0.1, 0.15) is 16.7 Å². The number of phenols is 1. The predicted molar refractivity (Wildman–Crippen MR) is 105 cm³/mol. The van der Waals surface area contributed by atoms with Crippen LogP contribution in [0.4, 0.5) is 5.69 Å². The summed E-state index contributed by atoms with van der Waals surface area (Å²) in [6.45, 7) is 4.06. The van der Waals surface area contributed by atoms with Crippen LogP contribution in [0, 0.1) is 13.8 Å². The Labute approximate surface area is 154 Å². The number of hydrogen-bond donors (Lipinski definition) is 3. The number of methoxy groups -OCH3 is 1. The maximum absolute atomic E-state index is 9.78. The molecule has 2 rings (SSSR count). The summed E-state index contributed by atoms with van der Waals surface area (Å²) < 4.78 is 5.62. The average Bonchev–Trinajstić information content (AvgIpc) is 2.53. The molecule has 2 aromatic rings. The first kappa shape index (κ1) is 18.2. The summed E-state index contributed by atoms with van der Waals surface area (Å²) in [6.07, 6.45) is 1.59. The number of phenolic OH excluding ortho intramolecular Hbond substituents is 1. The molecule has 0 aliphatic heterocycles. The van der Waals surface area contributed by atoms with Crippen LogP contribution in [0.15, 0.2) is 39.9 Å². The lowest BCUT2D eigenvalue weighted by Crippen LogP contribution is -2.24. The third-order valence-electron chi connectivity index (χ3n) is 3.28. The van der Waals surface area contributed by atoms with Crippen molar-refractivity contribution in [1.29, 1.82) is 0 Å². The summed E-state index contributed by atoms with van der Waals surface area (Å²) in [5.41, 5.74) is 6.75. The smallest absolute Gasteiger partial charge is 0.191 e. The van der Waals surface area contributed by atoms with Crippen LogP contribution < -0.4 is 15.5 Å². The molecule has 7 heteroatoms. The lowest BCUT2D eigenvalue weighted by Gasteiger charge is -2.10. The molecule has 0 aliphatic rings. The number of aryl methyl sites for hydroxylation is 2. The van der Waals surface area contributed by atoms with Gasteiger partial charge in [0.1, 0.15) is 0 Å². The normalized spacial score (nSPS) is 10.7. The number of hydrazone groups is 1. The molecule has 0 atom stereocenters. The Morgan fingerprint density at radius 2 is 2.04 bits per heavy atom. The Hall–Kier alpha value is -2.12. The molecule has 3 N–H and O–H groups in total. The SMILES string of the molecule is COc1cc(/C=N/NC(=S)Nc2ccc(C)cc2C)cc(Br)c1O. The van der Waals surface area contributed by atoms with Gasteiger partial charge >= 0.3 is 0 Å². The minimum Gasteiger partial charge on any atom is -0.503 e. The summed E-state index contributed by atoms with van der Waals surface area (Å²) in [5, 5.41) is 17.4. The van der Waals surface area contributed by atoms with E-state index >= 15 is 0 Å². The molecule has 0 bridgehead atoms. The molecular weight excluding hydrogens is 390 g/mol. The molecule has 0 fully saturated rings. The zero-order valence-electron chi connectivity index (χ0n) is 13.6. The van der Waals surface area contributed by atoms with Crippen molar-refractivity contribution in [3.8, 4) is 11.5 Å². The summed E-state index contributed by atoms with van der Waals surface area (Å²) in [4.78, 5) is 0. The first-order valence-electron chi connectivity index (χ1n) is 7.14. The van der Waals surface area contributed by atoms with Gasteiger partial charge in [0.15, 0.2) is 16.6 Å². The van der Waals surface area contributed by atoms with Crippen molar-refractivity contribution in [3.63, 3.8) is 0 Å². The number of nitrogens with zero attached hydrogens (tertiary/aromatic N) is 1. The highest BCUT2D eigenvalue weighted by molar-refractivity contribution is 9.10. The second-order valence-electron chi connectivity index (χ2n) is 5.20. The second-order valence-corrected chi connectivity index (χ2v) is 6.46. The van der Waals surface area contributed by atoms with Crippen LogP contribution in [-0.4, -0.2) is 23.5 Å². The van der Waals surface area contributed by atoms with Gasteiger partial charge in [-0.2, -0.15) is 5.10 Å². The van der Waals surface area contributed by atoms with Gasteiger partial charge in [-0.15, -0.1) is 0 Å². The minimum absolute atomic E-state index is 0.0506. The fraction of sp³-hybridized carbons (Fsp3) is 0.176. The molecule has 0 aliphatic carbocycles. The van der Waals surface area contributed by atoms with Gasteiger partial charge < -0.3 is 15.2 Å². The van der Waals surface area contributed by atoms with E-state index in [2.05, 4.69) is 37.8 Å². The summed E-state index contributed by atoms with van der Waals surface area (Å²) >= 11 is 8.50. The number of ether oxygens (including phenoxy) is 1. The van der Waals surface area contributed by atoms with Crippen LogP contribution in [0.3, 0.4) is 0 Å². The van der Waals surface area contributed by atoms with Gasteiger partial charge in [-0.05, 0) is 71.3 Å². The molecule has 24 heavy (non-hydrogen) atoms. The Kier molecular flexibility index (Phi) is 6.16. The van der Waals surface area contributed by atoms with Gasteiger partial charge in [-0.25, -0.2) is 0 Å². The standard InChI is InChI=1S/C17H18BrN3O2S/c1-10-4-5-14(11(2)6-10)20-17(24)21-19-9-12-7-13(18)16(22)15(8-12)23-3/h4-9,22H,1-3H3,(H2,20,21,24)/b19-9+. The molecular formula is C17H18BrN3O2S. The van der Waals surface area contributed by atoms with Gasteiger partial charge in [0, 0.05) is 5.69 Å². The van der Waals surface area contributed by atoms with E-state index < -0.39 is 0 Å². The topological polar surface area (TPSA) is 65.9 Å². The van der Waals surface area contributed by atoms with E-state index in [0.717, 1.165) is 16.8 Å². The van der Waals surface area contributed by atoms with E-state index in [4.69, 9.17) is 17.0 Å². The van der Waals surface area contributed by atoms with Gasteiger partial charge in [0.05, 0.1) is 17.8 Å². The zero-order valence-corrected chi connectivity index (χ0v) is 16.0. The number of halogens is 1. The second kappa shape index (κ2) is 8.12. The fourth-order valence-corrected chi connectivity index (χ4v) is 2.72. The quantitative estimate of drug-likeness (QED) is 0.404. The lowest BCUT2D eigenvalue weighted by molar-refractivity contribution is 0.372. The first-order valence-corrected chi connectivity index (χ1v) is 8.34. The Morgan fingerprint density at radius 3 is 2.71 bits per heavy atom. The number of hydrogen-bond acceptors (Lipinski definition) is 4. The molecule has 0 saturated carbocycles. The van der Waals surface area contributed by atoms with Crippen LogP contribution in [0.25, 0.3) is 0 Å². The van der Waals surface area contributed by atoms with Crippen molar-refractivity contribution in [2.24, 2.45) is 5.10 Å². The summed E-state index contributed by atoms with van der Waals surface area (Å²) in [5.74, 6) is 0.413. The third kappa shape index (κ3) is 4.69. The highest BCUT2D eigenvalue weighted by Crippen LogP contribution is 2.34. The molecule has 0 unspecified atom stereocenters. The number of rotatable bonds is 4. The number of aromatic hydroxyl groups is 1. The maximum Gasteiger partial charge on any atom is 0.191 e. The molecule has 126 valence electrons. The van der Waals surface area contributed by atoms with Gasteiger partial charge in [0.25, 0.3) is 0 Å². The molecule has 0 heterocycles. The minimum atomic E-state index is 0.0506. The molecule has 0 amide bonds. The average molecular weight is 408 g/mol. The Balaban J connectivity index is 2.01. The first-order chi connectivity index (χ1) is 11.4. The number of benzene rings is 2.